The summed E-state index contributed by atoms with van der Waals surface area (Å²) in [5.41, 5.74) is 1.87. The van der Waals surface area contributed by atoms with Crippen molar-refractivity contribution in [1.82, 2.24) is 24.7 Å². The van der Waals surface area contributed by atoms with Gasteiger partial charge in [-0.3, -0.25) is 9.48 Å². The molecular weight excluding hydrogens is 425 g/mol. The fraction of sp³-hybridized carbons (Fsp3) is 0.304. The van der Waals surface area contributed by atoms with E-state index in [2.05, 4.69) is 30.3 Å². The van der Waals surface area contributed by atoms with Gasteiger partial charge in [0.25, 0.3) is 5.91 Å². The van der Waals surface area contributed by atoms with Crippen LogP contribution in [0.3, 0.4) is 0 Å². The van der Waals surface area contributed by atoms with Crippen LogP contribution in [0, 0.1) is 11.7 Å². The minimum atomic E-state index is -0.403. The molecule has 33 heavy (non-hydrogen) atoms. The van der Waals surface area contributed by atoms with E-state index in [0.29, 0.717) is 34.3 Å². The van der Waals surface area contributed by atoms with Crippen molar-refractivity contribution in [2.24, 2.45) is 13.0 Å². The summed E-state index contributed by atoms with van der Waals surface area (Å²) in [6.45, 7) is 1.90. The Morgan fingerprint density at radius 3 is 2.79 bits per heavy atom. The number of aliphatic hydroxyl groups excluding tert-OH is 1. The number of amides is 1. The molecular formula is C23H24FN7O2. The summed E-state index contributed by atoms with van der Waals surface area (Å²) in [7, 11) is 1.73. The smallest absolute Gasteiger partial charge is 0.258 e. The fourth-order valence-electron chi connectivity index (χ4n) is 4.11. The van der Waals surface area contributed by atoms with E-state index in [1.165, 1.54) is 6.07 Å². The molecule has 4 heterocycles. The number of para-hydroxylation sites is 1. The average molecular weight is 449 g/mol. The first-order valence-electron chi connectivity index (χ1n) is 10.8. The highest BCUT2D eigenvalue weighted by atomic mass is 19.1. The number of hydrogen-bond acceptors (Lipinski definition) is 6. The fourth-order valence-corrected chi connectivity index (χ4v) is 4.11. The minimum absolute atomic E-state index is 0.225. The molecule has 3 aromatic heterocycles. The van der Waals surface area contributed by atoms with Crippen molar-refractivity contribution in [3.8, 4) is 11.5 Å². The van der Waals surface area contributed by atoms with E-state index in [1.54, 1.807) is 42.2 Å². The molecule has 1 saturated heterocycles. The molecule has 3 N–H and O–H groups in total. The van der Waals surface area contributed by atoms with Gasteiger partial charge in [0, 0.05) is 39.0 Å². The van der Waals surface area contributed by atoms with E-state index in [-0.39, 0.29) is 18.0 Å². The van der Waals surface area contributed by atoms with Crippen LogP contribution in [0.15, 0.2) is 42.6 Å². The lowest BCUT2D eigenvalue weighted by Gasteiger charge is -2.31. The second kappa shape index (κ2) is 8.62. The van der Waals surface area contributed by atoms with Gasteiger partial charge in [0.1, 0.15) is 17.0 Å². The number of carbonyl (C=O) groups is 1. The van der Waals surface area contributed by atoms with Crippen LogP contribution in [-0.2, 0) is 7.05 Å². The molecule has 0 spiro atoms. The Balaban J connectivity index is 1.29. The Bertz CT molecular complexity index is 1290. The van der Waals surface area contributed by atoms with E-state index in [1.807, 2.05) is 6.07 Å². The van der Waals surface area contributed by atoms with Crippen molar-refractivity contribution >= 4 is 28.6 Å². The molecule has 1 aliphatic heterocycles. The van der Waals surface area contributed by atoms with Crippen molar-refractivity contribution in [2.45, 2.75) is 12.8 Å². The average Bonchev–Trinajstić information content (AvgIpc) is 3.43. The number of carbonyl (C=O) groups excluding carboxylic acids is 1. The molecule has 1 aromatic carbocycles. The monoisotopic (exact) mass is 449 g/mol. The van der Waals surface area contributed by atoms with Gasteiger partial charge in [0.15, 0.2) is 17.5 Å². The van der Waals surface area contributed by atoms with Gasteiger partial charge in [-0.2, -0.15) is 5.10 Å². The second-order valence-corrected chi connectivity index (χ2v) is 8.23. The van der Waals surface area contributed by atoms with Crippen LogP contribution in [0.5, 0.6) is 0 Å². The van der Waals surface area contributed by atoms with E-state index in [9.17, 15) is 14.3 Å². The van der Waals surface area contributed by atoms with Gasteiger partial charge in [-0.05, 0) is 43.0 Å². The molecule has 170 valence electrons. The van der Waals surface area contributed by atoms with E-state index in [4.69, 9.17) is 0 Å². The first-order valence-corrected chi connectivity index (χ1v) is 10.8. The summed E-state index contributed by atoms with van der Waals surface area (Å²) in [5, 5.41) is 16.4. The number of aryl methyl sites for hydroxylation is 1. The number of imidazole rings is 1. The summed E-state index contributed by atoms with van der Waals surface area (Å²) in [6.07, 6.45) is 3.41. The van der Waals surface area contributed by atoms with Crippen LogP contribution < -0.4 is 10.2 Å². The van der Waals surface area contributed by atoms with Gasteiger partial charge in [-0.1, -0.05) is 6.07 Å². The predicted molar refractivity (Wildman–Crippen MR) is 122 cm³/mol. The Labute approximate surface area is 189 Å². The number of nitrogens with zero attached hydrogens (tertiary/aromatic N) is 5. The number of anilines is 2. The number of benzene rings is 1. The molecule has 0 saturated carbocycles. The molecule has 1 aliphatic rings. The number of pyridine rings is 1. The molecule has 0 bridgehead atoms. The zero-order valence-corrected chi connectivity index (χ0v) is 18.1. The Kier molecular flexibility index (Phi) is 5.51. The van der Waals surface area contributed by atoms with Crippen molar-refractivity contribution in [3.63, 3.8) is 0 Å². The summed E-state index contributed by atoms with van der Waals surface area (Å²) in [4.78, 5) is 26.7. The predicted octanol–water partition coefficient (Wildman–Crippen LogP) is 2.96. The molecule has 5 rings (SSSR count). The second-order valence-electron chi connectivity index (χ2n) is 8.23. The van der Waals surface area contributed by atoms with E-state index < -0.39 is 5.82 Å². The van der Waals surface area contributed by atoms with Crippen LogP contribution in [0.4, 0.5) is 16.0 Å². The van der Waals surface area contributed by atoms with Crippen LogP contribution in [-0.4, -0.2) is 55.4 Å². The zero-order valence-electron chi connectivity index (χ0n) is 18.1. The summed E-state index contributed by atoms with van der Waals surface area (Å²) < 4.78 is 15.6. The quantitative estimate of drug-likeness (QED) is 0.432. The number of piperidine rings is 1. The normalized spacial score (nSPS) is 14.7. The van der Waals surface area contributed by atoms with Crippen LogP contribution in [0.25, 0.3) is 22.6 Å². The largest absolute Gasteiger partial charge is 0.396 e. The molecule has 1 fully saturated rings. The maximum atomic E-state index is 14.0. The third-order valence-electron chi connectivity index (χ3n) is 6.03. The number of rotatable bonds is 5. The van der Waals surface area contributed by atoms with Gasteiger partial charge in [0.05, 0.1) is 11.1 Å². The van der Waals surface area contributed by atoms with Gasteiger partial charge in [0.2, 0.25) is 0 Å². The van der Waals surface area contributed by atoms with Gasteiger partial charge < -0.3 is 20.3 Å². The number of aliphatic hydroxyl groups is 1. The number of halogens is 1. The Hall–Kier alpha value is -3.79. The number of aromatic amines is 1. The molecule has 9 nitrogen and oxygen atoms in total. The molecule has 0 unspecified atom stereocenters. The SMILES string of the molecule is Cn1nc(NC(=O)c2ccc(N3CCC(CO)CC3)nc2)cc1-c1nc2c(F)cccc2[nH]1. The first-order chi connectivity index (χ1) is 16.0. The summed E-state index contributed by atoms with van der Waals surface area (Å²) in [5.74, 6) is 1.26. The van der Waals surface area contributed by atoms with Crippen molar-refractivity contribution < 1.29 is 14.3 Å². The minimum Gasteiger partial charge on any atom is -0.396 e. The van der Waals surface area contributed by atoms with Crippen molar-refractivity contribution in [2.75, 3.05) is 29.9 Å². The third-order valence-corrected chi connectivity index (χ3v) is 6.03. The lowest BCUT2D eigenvalue weighted by atomic mass is 9.98. The Morgan fingerprint density at radius 2 is 2.09 bits per heavy atom. The maximum Gasteiger partial charge on any atom is 0.258 e. The Morgan fingerprint density at radius 1 is 1.27 bits per heavy atom. The topological polar surface area (TPSA) is 112 Å². The number of hydrogen-bond donors (Lipinski definition) is 3. The molecule has 10 heteroatoms. The van der Waals surface area contributed by atoms with Crippen LogP contribution in [0.1, 0.15) is 23.2 Å². The number of fused-ring (bicyclic) bond motifs is 1. The highest BCUT2D eigenvalue weighted by Crippen LogP contribution is 2.25. The number of nitrogens with one attached hydrogen (secondary N) is 2. The van der Waals surface area contributed by atoms with E-state index >= 15 is 0 Å². The molecule has 0 atom stereocenters. The maximum absolute atomic E-state index is 14.0. The van der Waals surface area contributed by atoms with Gasteiger partial charge in [-0.25, -0.2) is 14.4 Å². The number of H-pyrrole nitrogens is 1. The lowest BCUT2D eigenvalue weighted by molar-refractivity contribution is 0.102. The molecule has 0 radical (unpaired) electrons. The summed E-state index contributed by atoms with van der Waals surface area (Å²) >= 11 is 0. The van der Waals surface area contributed by atoms with Crippen molar-refractivity contribution in [3.05, 3.63) is 54.0 Å². The van der Waals surface area contributed by atoms with Crippen LogP contribution in [0.2, 0.25) is 0 Å². The van der Waals surface area contributed by atoms with Crippen molar-refractivity contribution in [1.29, 1.82) is 0 Å². The van der Waals surface area contributed by atoms with Gasteiger partial charge in [-0.15, -0.1) is 0 Å². The summed E-state index contributed by atoms with van der Waals surface area (Å²) in [6, 6.07) is 9.98. The molecule has 4 aromatic rings. The first kappa shape index (κ1) is 21.1. The van der Waals surface area contributed by atoms with Gasteiger partial charge >= 0.3 is 0 Å². The molecule has 0 aliphatic carbocycles. The number of aromatic nitrogens is 5. The zero-order chi connectivity index (χ0) is 22.9. The molecule has 1 amide bonds. The highest BCUT2D eigenvalue weighted by molar-refractivity contribution is 6.03. The lowest BCUT2D eigenvalue weighted by Crippen LogP contribution is -2.35. The highest BCUT2D eigenvalue weighted by Gasteiger charge is 2.20. The van der Waals surface area contributed by atoms with E-state index in [0.717, 1.165) is 31.7 Å². The van der Waals surface area contributed by atoms with Crippen LogP contribution >= 0.6 is 0 Å². The standard InChI is InChI=1S/C23H24FN7O2/c1-30-18(22-26-17-4-2-3-16(24)21(17)28-22)11-19(29-30)27-23(33)15-5-6-20(25-12-15)31-9-7-14(13-32)8-10-31/h2-6,11-12,14,32H,7-10,13H2,1H3,(H,26,28)(H,27,29,33). The third kappa shape index (κ3) is 4.17.